The Morgan fingerprint density at radius 3 is 2.78 bits per heavy atom. The quantitative estimate of drug-likeness (QED) is 0.412. The van der Waals surface area contributed by atoms with E-state index < -0.39 is 0 Å². The zero-order valence-corrected chi connectivity index (χ0v) is 16.9. The molecule has 0 spiro atoms. The second kappa shape index (κ2) is 8.58. The second-order valence-electron chi connectivity index (χ2n) is 6.17. The van der Waals surface area contributed by atoms with Crippen molar-refractivity contribution in [2.24, 2.45) is 0 Å². The third kappa shape index (κ3) is 4.01. The van der Waals surface area contributed by atoms with Crippen LogP contribution < -0.4 is 0 Å². The Labute approximate surface area is 162 Å². The Balaban J connectivity index is 1.73. The highest BCUT2D eigenvalue weighted by Crippen LogP contribution is 2.25. The summed E-state index contributed by atoms with van der Waals surface area (Å²) in [5.41, 5.74) is 2.79. The molecule has 8 heteroatoms. The van der Waals surface area contributed by atoms with Crippen LogP contribution in [-0.2, 0) is 17.8 Å². The number of methoxy groups -OCH3 is 1. The van der Waals surface area contributed by atoms with Crippen LogP contribution in [0.2, 0.25) is 0 Å². The predicted molar refractivity (Wildman–Crippen MR) is 104 cm³/mol. The van der Waals surface area contributed by atoms with Crippen molar-refractivity contribution < 1.29 is 13.9 Å². The average Bonchev–Trinajstić information content (AvgIpc) is 3.37. The molecule has 7 nitrogen and oxygen atoms in total. The molecule has 3 rings (SSSR count). The lowest BCUT2D eigenvalue weighted by molar-refractivity contribution is 0.102. The van der Waals surface area contributed by atoms with E-state index in [1.807, 2.05) is 43.5 Å². The molecule has 3 heterocycles. The smallest absolute Gasteiger partial charge is 0.200 e. The maximum absolute atomic E-state index is 12.8. The van der Waals surface area contributed by atoms with Gasteiger partial charge in [-0.05, 0) is 39.0 Å². The van der Waals surface area contributed by atoms with Crippen molar-refractivity contribution in [2.75, 3.05) is 19.5 Å². The van der Waals surface area contributed by atoms with Crippen LogP contribution in [0.3, 0.4) is 0 Å². The first-order valence-electron chi connectivity index (χ1n) is 8.85. The van der Waals surface area contributed by atoms with Crippen LogP contribution in [0.5, 0.6) is 0 Å². The Morgan fingerprint density at radius 2 is 2.11 bits per heavy atom. The van der Waals surface area contributed by atoms with Gasteiger partial charge in [0.15, 0.2) is 22.5 Å². The van der Waals surface area contributed by atoms with Crippen LogP contribution in [0.15, 0.2) is 34.0 Å². The van der Waals surface area contributed by atoms with E-state index in [-0.39, 0.29) is 5.78 Å². The molecule has 0 atom stereocenters. The Hall–Kier alpha value is -2.32. The molecule has 0 amide bonds. The minimum Gasteiger partial charge on any atom is -0.461 e. The SMILES string of the molecule is CCn1c(SCC(=O)c2cc(C)n(CCOC)c2C)nnc1-c1ccco1. The normalized spacial score (nSPS) is 11.3. The summed E-state index contributed by atoms with van der Waals surface area (Å²) < 4.78 is 14.6. The number of nitrogens with zero attached hydrogens (tertiary/aromatic N) is 4. The number of hydrogen-bond donors (Lipinski definition) is 0. The Kier molecular flexibility index (Phi) is 6.18. The molecule has 0 radical (unpaired) electrons. The van der Waals surface area contributed by atoms with Gasteiger partial charge in [0.2, 0.25) is 0 Å². The predicted octanol–water partition coefficient (Wildman–Crippen LogP) is 3.60. The summed E-state index contributed by atoms with van der Waals surface area (Å²) in [6.07, 6.45) is 1.61. The average molecular weight is 388 g/mol. The number of carbonyl (C=O) groups excluding carboxylic acids is 1. The number of ketones is 1. The molecule has 0 bridgehead atoms. The number of carbonyl (C=O) groups is 1. The zero-order valence-electron chi connectivity index (χ0n) is 16.1. The van der Waals surface area contributed by atoms with Crippen molar-refractivity contribution in [2.45, 2.75) is 39.0 Å². The van der Waals surface area contributed by atoms with E-state index in [1.54, 1.807) is 13.4 Å². The molecule has 0 saturated heterocycles. The van der Waals surface area contributed by atoms with Gasteiger partial charge >= 0.3 is 0 Å². The number of rotatable bonds is 9. The molecule has 0 aliphatic carbocycles. The molecular formula is C19H24N4O3S. The molecule has 0 N–H and O–H groups in total. The fourth-order valence-corrected chi connectivity index (χ4v) is 3.97. The summed E-state index contributed by atoms with van der Waals surface area (Å²) in [6.45, 7) is 8.06. The summed E-state index contributed by atoms with van der Waals surface area (Å²) >= 11 is 1.40. The molecule has 3 aromatic rings. The van der Waals surface area contributed by atoms with Gasteiger partial charge in [-0.15, -0.1) is 10.2 Å². The van der Waals surface area contributed by atoms with E-state index in [4.69, 9.17) is 9.15 Å². The first-order valence-corrected chi connectivity index (χ1v) is 9.84. The van der Waals surface area contributed by atoms with Crippen LogP contribution in [0.4, 0.5) is 0 Å². The third-order valence-electron chi connectivity index (χ3n) is 4.50. The highest BCUT2D eigenvalue weighted by atomic mass is 32.2. The Morgan fingerprint density at radius 1 is 1.30 bits per heavy atom. The number of aryl methyl sites for hydroxylation is 1. The van der Waals surface area contributed by atoms with Gasteiger partial charge in [0.1, 0.15) is 0 Å². The Bertz CT molecular complexity index is 912. The maximum Gasteiger partial charge on any atom is 0.200 e. The lowest BCUT2D eigenvalue weighted by Crippen LogP contribution is -2.10. The van der Waals surface area contributed by atoms with Gasteiger partial charge in [-0.3, -0.25) is 9.36 Å². The minimum atomic E-state index is 0.0852. The zero-order chi connectivity index (χ0) is 19.4. The molecule has 0 aliphatic rings. The van der Waals surface area contributed by atoms with Crippen molar-refractivity contribution in [1.82, 2.24) is 19.3 Å². The fraction of sp³-hybridized carbons (Fsp3) is 0.421. The molecule has 3 aromatic heterocycles. The summed E-state index contributed by atoms with van der Waals surface area (Å²) in [4.78, 5) is 12.8. The number of furan rings is 1. The largest absolute Gasteiger partial charge is 0.461 e. The lowest BCUT2D eigenvalue weighted by Gasteiger charge is -2.09. The van der Waals surface area contributed by atoms with Crippen LogP contribution in [-0.4, -0.2) is 44.6 Å². The van der Waals surface area contributed by atoms with Gasteiger partial charge in [0, 0.05) is 37.2 Å². The number of hydrogen-bond acceptors (Lipinski definition) is 6. The van der Waals surface area contributed by atoms with Crippen molar-refractivity contribution in [1.29, 1.82) is 0 Å². The van der Waals surface area contributed by atoms with E-state index in [0.717, 1.165) is 23.5 Å². The van der Waals surface area contributed by atoms with Crippen LogP contribution in [0.1, 0.15) is 28.7 Å². The number of aromatic nitrogens is 4. The molecule has 0 saturated carbocycles. The van der Waals surface area contributed by atoms with Gasteiger partial charge in [-0.1, -0.05) is 11.8 Å². The second-order valence-corrected chi connectivity index (χ2v) is 7.11. The minimum absolute atomic E-state index is 0.0852. The molecule has 0 aliphatic heterocycles. The number of ether oxygens (including phenoxy) is 1. The topological polar surface area (TPSA) is 75.1 Å². The fourth-order valence-electron chi connectivity index (χ4n) is 3.09. The van der Waals surface area contributed by atoms with Crippen molar-refractivity contribution >= 4 is 17.5 Å². The molecular weight excluding hydrogens is 364 g/mol. The van der Waals surface area contributed by atoms with Crippen LogP contribution in [0.25, 0.3) is 11.6 Å². The van der Waals surface area contributed by atoms with Crippen LogP contribution >= 0.6 is 11.8 Å². The lowest BCUT2D eigenvalue weighted by atomic mass is 10.2. The van der Waals surface area contributed by atoms with Crippen molar-refractivity contribution in [3.63, 3.8) is 0 Å². The van der Waals surface area contributed by atoms with Gasteiger partial charge in [-0.2, -0.15) is 0 Å². The monoisotopic (exact) mass is 388 g/mol. The summed E-state index contributed by atoms with van der Waals surface area (Å²) in [6, 6.07) is 5.62. The summed E-state index contributed by atoms with van der Waals surface area (Å²) in [7, 11) is 1.68. The van der Waals surface area contributed by atoms with Crippen molar-refractivity contribution in [3.8, 4) is 11.6 Å². The van der Waals surface area contributed by atoms with Gasteiger partial charge in [0.25, 0.3) is 0 Å². The number of Topliss-reactive ketones (excluding diaryl/α,β-unsaturated/α-hetero) is 1. The highest BCUT2D eigenvalue weighted by molar-refractivity contribution is 7.99. The third-order valence-corrected chi connectivity index (χ3v) is 5.47. The molecule has 27 heavy (non-hydrogen) atoms. The highest BCUT2D eigenvalue weighted by Gasteiger charge is 2.19. The molecule has 0 aromatic carbocycles. The van der Waals surface area contributed by atoms with Gasteiger partial charge in [-0.25, -0.2) is 0 Å². The first-order chi connectivity index (χ1) is 13.1. The van der Waals surface area contributed by atoms with Crippen molar-refractivity contribution in [3.05, 3.63) is 41.4 Å². The van der Waals surface area contributed by atoms with E-state index in [0.29, 0.717) is 35.6 Å². The molecule has 0 unspecified atom stereocenters. The van der Waals surface area contributed by atoms with Gasteiger partial charge in [0.05, 0.1) is 18.6 Å². The van der Waals surface area contributed by atoms with E-state index in [9.17, 15) is 4.79 Å². The standard InChI is InChI=1S/C19H24N4O3S/c1-5-22-18(17-7-6-9-26-17)20-21-19(22)27-12-16(24)15-11-13(2)23(14(15)3)8-10-25-4/h6-7,9,11H,5,8,10,12H2,1-4H3. The van der Waals surface area contributed by atoms with E-state index >= 15 is 0 Å². The van der Waals surface area contributed by atoms with E-state index in [1.165, 1.54) is 11.8 Å². The van der Waals surface area contributed by atoms with Gasteiger partial charge < -0.3 is 13.7 Å². The summed E-state index contributed by atoms with van der Waals surface area (Å²) in [5.74, 6) is 1.74. The van der Waals surface area contributed by atoms with Crippen LogP contribution in [0, 0.1) is 13.8 Å². The summed E-state index contributed by atoms with van der Waals surface area (Å²) in [5, 5.41) is 9.17. The number of thioether (sulfide) groups is 1. The molecule has 144 valence electrons. The van der Waals surface area contributed by atoms with E-state index in [2.05, 4.69) is 14.8 Å². The first kappa shape index (κ1) is 19.4. The molecule has 0 fully saturated rings. The maximum atomic E-state index is 12.8.